The van der Waals surface area contributed by atoms with Crippen LogP contribution in [0.5, 0.6) is 0 Å². The molecule has 1 rings (SSSR count). The third-order valence-electron chi connectivity index (χ3n) is 1.70. The molecule has 0 aromatic heterocycles. The summed E-state index contributed by atoms with van der Waals surface area (Å²) in [6.45, 7) is 2.12. The first-order valence-electron chi connectivity index (χ1n) is 4.19. The number of rotatable bonds is 4. The van der Waals surface area contributed by atoms with Gasteiger partial charge in [0, 0.05) is 5.69 Å². The van der Waals surface area contributed by atoms with Gasteiger partial charge in [-0.15, -0.1) is 0 Å². The molecule has 3 nitrogen and oxygen atoms in total. The third kappa shape index (κ3) is 3.57. The zero-order valence-electron chi connectivity index (χ0n) is 7.49. The number of anilines is 1. The van der Waals surface area contributed by atoms with E-state index in [2.05, 4.69) is 11.6 Å². The molecule has 1 atom stereocenters. The lowest BCUT2D eigenvalue weighted by Gasteiger charge is -2.02. The molecule has 0 fully saturated rings. The van der Waals surface area contributed by atoms with E-state index in [9.17, 15) is 4.21 Å². The zero-order chi connectivity index (χ0) is 9.68. The molecule has 0 bridgehead atoms. The summed E-state index contributed by atoms with van der Waals surface area (Å²) in [6, 6.07) is 7.52. The second-order valence-corrected chi connectivity index (χ2v) is 3.50. The number of benzene rings is 1. The van der Waals surface area contributed by atoms with Crippen molar-refractivity contribution in [3.05, 3.63) is 29.8 Å². The normalized spacial score (nSPS) is 12.5. The molecular weight excluding hydrogens is 186 g/mol. The standard InChI is InChI=1S/C9H13NO2S/c1-2-3-8-4-6-9(7-5-8)10-13(11)12/h4-7,10H,2-3H2,1H3,(H,11,12). The SMILES string of the molecule is CCCc1ccc(NS(=O)O)cc1. The molecule has 72 valence electrons. The Hall–Kier alpha value is -0.870. The first-order valence-corrected chi connectivity index (χ1v) is 5.29. The van der Waals surface area contributed by atoms with Gasteiger partial charge >= 0.3 is 0 Å². The molecule has 13 heavy (non-hydrogen) atoms. The van der Waals surface area contributed by atoms with Gasteiger partial charge in [0.05, 0.1) is 0 Å². The average molecular weight is 199 g/mol. The van der Waals surface area contributed by atoms with Gasteiger partial charge in [-0.05, 0) is 24.1 Å². The topological polar surface area (TPSA) is 49.3 Å². The summed E-state index contributed by atoms with van der Waals surface area (Å²) >= 11 is -1.98. The van der Waals surface area contributed by atoms with Crippen molar-refractivity contribution in [3.63, 3.8) is 0 Å². The highest BCUT2D eigenvalue weighted by molar-refractivity contribution is 7.80. The van der Waals surface area contributed by atoms with E-state index < -0.39 is 11.3 Å². The molecule has 1 aromatic rings. The van der Waals surface area contributed by atoms with Crippen LogP contribution in [0.25, 0.3) is 0 Å². The molecule has 1 aromatic carbocycles. The van der Waals surface area contributed by atoms with Gasteiger partial charge in [0.15, 0.2) is 0 Å². The monoisotopic (exact) mass is 199 g/mol. The van der Waals surface area contributed by atoms with Crippen LogP contribution in [0.15, 0.2) is 24.3 Å². The summed E-state index contributed by atoms with van der Waals surface area (Å²) < 4.78 is 21.3. The molecule has 0 amide bonds. The lowest BCUT2D eigenvalue weighted by molar-refractivity contribution is 0.570. The van der Waals surface area contributed by atoms with Crippen LogP contribution >= 0.6 is 0 Å². The Morgan fingerprint density at radius 2 is 2.00 bits per heavy atom. The number of nitrogens with one attached hydrogen (secondary N) is 1. The van der Waals surface area contributed by atoms with E-state index in [0.717, 1.165) is 12.8 Å². The van der Waals surface area contributed by atoms with E-state index in [1.807, 2.05) is 12.1 Å². The van der Waals surface area contributed by atoms with Crippen molar-refractivity contribution in [3.8, 4) is 0 Å². The van der Waals surface area contributed by atoms with Crippen molar-refractivity contribution in [2.75, 3.05) is 4.72 Å². The maximum absolute atomic E-state index is 10.4. The van der Waals surface area contributed by atoms with Crippen molar-refractivity contribution in [2.45, 2.75) is 19.8 Å². The van der Waals surface area contributed by atoms with Crippen molar-refractivity contribution >= 4 is 17.0 Å². The van der Waals surface area contributed by atoms with Gasteiger partial charge in [0.2, 0.25) is 0 Å². The van der Waals surface area contributed by atoms with Crippen molar-refractivity contribution in [2.24, 2.45) is 0 Å². The first-order chi connectivity index (χ1) is 6.22. The second-order valence-electron chi connectivity index (χ2n) is 2.80. The largest absolute Gasteiger partial charge is 0.289 e. The van der Waals surface area contributed by atoms with E-state index >= 15 is 0 Å². The Morgan fingerprint density at radius 3 is 2.46 bits per heavy atom. The van der Waals surface area contributed by atoms with Crippen molar-refractivity contribution in [1.29, 1.82) is 0 Å². The molecule has 0 radical (unpaired) electrons. The number of aryl methyl sites for hydroxylation is 1. The maximum Gasteiger partial charge on any atom is 0.259 e. The zero-order valence-corrected chi connectivity index (χ0v) is 8.30. The molecule has 2 N–H and O–H groups in total. The van der Waals surface area contributed by atoms with Gasteiger partial charge in [0.25, 0.3) is 11.3 Å². The molecule has 4 heteroatoms. The van der Waals surface area contributed by atoms with Crippen LogP contribution < -0.4 is 4.72 Å². The fourth-order valence-corrected chi connectivity index (χ4v) is 1.47. The molecule has 0 aliphatic rings. The highest BCUT2D eigenvalue weighted by Gasteiger charge is 1.95. The molecule has 1 unspecified atom stereocenters. The van der Waals surface area contributed by atoms with Crippen LogP contribution in [0.4, 0.5) is 5.69 Å². The lowest BCUT2D eigenvalue weighted by atomic mass is 10.1. The van der Waals surface area contributed by atoms with E-state index in [0.29, 0.717) is 5.69 Å². The van der Waals surface area contributed by atoms with Crippen LogP contribution in [0.1, 0.15) is 18.9 Å². The number of hydrogen-bond donors (Lipinski definition) is 2. The molecular formula is C9H13NO2S. The summed E-state index contributed by atoms with van der Waals surface area (Å²) in [4.78, 5) is 0. The summed E-state index contributed by atoms with van der Waals surface area (Å²) in [7, 11) is 0. The Bertz CT molecular complexity index is 284. The molecule has 0 saturated heterocycles. The van der Waals surface area contributed by atoms with Crippen LogP contribution in [0.2, 0.25) is 0 Å². The van der Waals surface area contributed by atoms with Gasteiger partial charge in [-0.3, -0.25) is 9.27 Å². The summed E-state index contributed by atoms with van der Waals surface area (Å²) in [5, 5.41) is 0. The summed E-state index contributed by atoms with van der Waals surface area (Å²) in [6.07, 6.45) is 2.15. The van der Waals surface area contributed by atoms with Gasteiger partial charge in [0.1, 0.15) is 0 Å². The minimum absolute atomic E-state index is 0.667. The maximum atomic E-state index is 10.4. The lowest BCUT2D eigenvalue weighted by Crippen LogP contribution is -2.01. The Labute approximate surface area is 80.6 Å². The summed E-state index contributed by atoms with van der Waals surface area (Å²) in [5.41, 5.74) is 1.91. The highest BCUT2D eigenvalue weighted by atomic mass is 32.2. The Balaban J connectivity index is 2.64. The average Bonchev–Trinajstić information content (AvgIpc) is 2.08. The molecule has 0 spiro atoms. The van der Waals surface area contributed by atoms with Crippen LogP contribution in [0, 0.1) is 0 Å². The molecule has 0 aliphatic carbocycles. The fraction of sp³-hybridized carbons (Fsp3) is 0.333. The minimum Gasteiger partial charge on any atom is -0.289 e. The predicted octanol–water partition coefficient (Wildman–Crippen LogP) is 2.19. The van der Waals surface area contributed by atoms with Gasteiger partial charge in [-0.1, -0.05) is 25.5 Å². The smallest absolute Gasteiger partial charge is 0.259 e. The quantitative estimate of drug-likeness (QED) is 0.730. The Morgan fingerprint density at radius 1 is 1.38 bits per heavy atom. The molecule has 0 aliphatic heterocycles. The second kappa shape index (κ2) is 4.99. The van der Waals surface area contributed by atoms with Gasteiger partial charge in [-0.25, -0.2) is 4.21 Å². The first kappa shape index (κ1) is 10.2. The van der Waals surface area contributed by atoms with Gasteiger partial charge < -0.3 is 0 Å². The van der Waals surface area contributed by atoms with E-state index in [1.54, 1.807) is 12.1 Å². The van der Waals surface area contributed by atoms with E-state index in [4.69, 9.17) is 4.55 Å². The van der Waals surface area contributed by atoms with E-state index in [1.165, 1.54) is 5.56 Å². The minimum atomic E-state index is -1.98. The predicted molar refractivity (Wildman–Crippen MR) is 54.8 cm³/mol. The van der Waals surface area contributed by atoms with Crippen LogP contribution in [0.3, 0.4) is 0 Å². The molecule has 0 saturated carbocycles. The molecule has 0 heterocycles. The van der Waals surface area contributed by atoms with Crippen LogP contribution in [-0.2, 0) is 17.7 Å². The summed E-state index contributed by atoms with van der Waals surface area (Å²) in [5.74, 6) is 0. The van der Waals surface area contributed by atoms with E-state index in [-0.39, 0.29) is 0 Å². The third-order valence-corrected chi connectivity index (χ3v) is 2.11. The number of hydrogen-bond acceptors (Lipinski definition) is 1. The fourth-order valence-electron chi connectivity index (χ4n) is 1.13. The van der Waals surface area contributed by atoms with Crippen molar-refractivity contribution in [1.82, 2.24) is 0 Å². The Kier molecular flexibility index (Phi) is 3.92. The van der Waals surface area contributed by atoms with Crippen molar-refractivity contribution < 1.29 is 8.76 Å². The van der Waals surface area contributed by atoms with Crippen LogP contribution in [-0.4, -0.2) is 8.76 Å². The van der Waals surface area contributed by atoms with Gasteiger partial charge in [-0.2, -0.15) is 0 Å². The highest BCUT2D eigenvalue weighted by Crippen LogP contribution is 2.10.